The highest BCUT2D eigenvalue weighted by molar-refractivity contribution is 7.07. The number of benzene rings is 3. The molecule has 6 rings (SSSR count). The van der Waals surface area contributed by atoms with Crippen LogP contribution in [0, 0.1) is 10.1 Å². The van der Waals surface area contributed by atoms with Crippen LogP contribution in [0.2, 0.25) is 0 Å². The van der Waals surface area contributed by atoms with Gasteiger partial charge in [0, 0.05) is 36.4 Å². The number of non-ortho nitro benzene ring substituents is 1. The fourth-order valence-electron chi connectivity index (χ4n) is 5.44. The van der Waals surface area contributed by atoms with Gasteiger partial charge in [0.15, 0.2) is 16.3 Å². The molecular weight excluding hydrogens is 638 g/mol. The van der Waals surface area contributed by atoms with Gasteiger partial charge < -0.3 is 14.2 Å². The van der Waals surface area contributed by atoms with Crippen molar-refractivity contribution < 1.29 is 28.7 Å². The molecule has 1 unspecified atom stereocenters. The van der Waals surface area contributed by atoms with Gasteiger partial charge in [-0.3, -0.25) is 24.3 Å². The van der Waals surface area contributed by atoms with E-state index in [1.54, 1.807) is 48.1 Å². The summed E-state index contributed by atoms with van der Waals surface area (Å²) in [6.45, 7) is 2.92. The van der Waals surface area contributed by atoms with Crippen molar-refractivity contribution in [3.8, 4) is 28.4 Å². The first kappa shape index (κ1) is 31.8. The quantitative estimate of drug-likeness (QED) is 0.103. The third kappa shape index (κ3) is 5.91. The predicted molar refractivity (Wildman–Crippen MR) is 176 cm³/mol. The normalized spacial score (nSPS) is 14.2. The molecule has 1 aliphatic rings. The highest BCUT2D eigenvalue weighted by Gasteiger charge is 2.34. The highest BCUT2D eigenvalue weighted by Crippen LogP contribution is 2.36. The Kier molecular flexibility index (Phi) is 8.57. The number of ether oxygens (including phenoxy) is 3. The van der Waals surface area contributed by atoms with E-state index < -0.39 is 28.5 Å². The molecule has 0 fully saturated rings. The monoisotopic (exact) mass is 665 g/mol. The average molecular weight is 666 g/mol. The van der Waals surface area contributed by atoms with Gasteiger partial charge in [-0.15, -0.1) is 0 Å². The minimum absolute atomic E-state index is 0.104. The van der Waals surface area contributed by atoms with E-state index in [2.05, 4.69) is 4.99 Å². The van der Waals surface area contributed by atoms with Crippen LogP contribution in [0.3, 0.4) is 0 Å². The van der Waals surface area contributed by atoms with Gasteiger partial charge in [0.2, 0.25) is 0 Å². The first-order valence-electron chi connectivity index (χ1n) is 14.5. The Morgan fingerprint density at radius 2 is 1.79 bits per heavy atom. The van der Waals surface area contributed by atoms with Crippen molar-refractivity contribution in [3.63, 3.8) is 0 Å². The Balaban J connectivity index is 1.57. The molecule has 1 aliphatic heterocycles. The van der Waals surface area contributed by atoms with E-state index in [1.165, 1.54) is 43.9 Å². The lowest BCUT2D eigenvalue weighted by Gasteiger charge is -2.25. The second-order valence-corrected chi connectivity index (χ2v) is 11.6. The molecule has 0 N–H and O–H groups in total. The molecule has 3 heterocycles. The SMILES string of the molecule is COC(=O)C1=C(C)N=c2s/c(=C\c3cn(-c4ccccc4)nc3-c3cccc([N+](=O)[O-])c3)c(=O)n2C1c1ccc(OC(C)=O)c(OC)c1. The molecule has 0 aliphatic carbocycles. The number of nitrogens with zero attached hydrogens (tertiary/aromatic N) is 5. The van der Waals surface area contributed by atoms with Crippen LogP contribution in [0.25, 0.3) is 23.0 Å². The van der Waals surface area contributed by atoms with E-state index in [1.807, 2.05) is 30.3 Å². The van der Waals surface area contributed by atoms with Crippen LogP contribution in [0.4, 0.5) is 5.69 Å². The maximum atomic E-state index is 14.3. The Morgan fingerprint density at radius 1 is 1.02 bits per heavy atom. The van der Waals surface area contributed by atoms with Gasteiger partial charge in [-0.2, -0.15) is 5.10 Å². The summed E-state index contributed by atoms with van der Waals surface area (Å²) in [5.74, 6) is -0.819. The van der Waals surface area contributed by atoms with Crippen LogP contribution in [0.1, 0.15) is 31.0 Å². The van der Waals surface area contributed by atoms with Gasteiger partial charge >= 0.3 is 11.9 Å². The Labute approximate surface area is 276 Å². The van der Waals surface area contributed by atoms with E-state index in [0.717, 1.165) is 17.0 Å². The summed E-state index contributed by atoms with van der Waals surface area (Å²) in [6, 6.07) is 19.2. The summed E-state index contributed by atoms with van der Waals surface area (Å²) < 4.78 is 19.2. The second-order valence-electron chi connectivity index (χ2n) is 10.6. The fraction of sp³-hybridized carbons (Fsp3) is 0.147. The van der Waals surface area contributed by atoms with Gasteiger partial charge in [-0.05, 0) is 42.8 Å². The minimum Gasteiger partial charge on any atom is -0.493 e. The van der Waals surface area contributed by atoms with Crippen molar-refractivity contribution in [2.45, 2.75) is 19.9 Å². The first-order chi connectivity index (χ1) is 23.1. The van der Waals surface area contributed by atoms with Crippen molar-refractivity contribution in [3.05, 3.63) is 131 Å². The van der Waals surface area contributed by atoms with Crippen molar-refractivity contribution >= 4 is 35.0 Å². The van der Waals surface area contributed by atoms with Gasteiger partial charge in [-0.1, -0.05) is 47.7 Å². The Hall–Kier alpha value is -6.15. The lowest BCUT2D eigenvalue weighted by Crippen LogP contribution is -2.39. The summed E-state index contributed by atoms with van der Waals surface area (Å²) in [5.41, 5.74) is 2.62. The average Bonchev–Trinajstić information content (AvgIpc) is 3.64. The lowest BCUT2D eigenvalue weighted by molar-refractivity contribution is -0.384. The van der Waals surface area contributed by atoms with E-state index in [0.29, 0.717) is 32.9 Å². The molecule has 0 spiro atoms. The van der Waals surface area contributed by atoms with E-state index in [-0.39, 0.29) is 27.3 Å². The van der Waals surface area contributed by atoms with Gasteiger partial charge in [0.25, 0.3) is 11.2 Å². The van der Waals surface area contributed by atoms with E-state index in [4.69, 9.17) is 19.3 Å². The number of nitro groups is 1. The summed E-state index contributed by atoms with van der Waals surface area (Å²) in [5, 5.41) is 16.3. The number of rotatable bonds is 8. The van der Waals surface area contributed by atoms with E-state index >= 15 is 0 Å². The first-order valence-corrected chi connectivity index (χ1v) is 15.3. The number of esters is 2. The smallest absolute Gasteiger partial charge is 0.338 e. The number of para-hydroxylation sites is 1. The Morgan fingerprint density at radius 3 is 2.48 bits per heavy atom. The van der Waals surface area contributed by atoms with Crippen LogP contribution in [-0.2, 0) is 14.3 Å². The molecule has 5 aromatic rings. The number of fused-ring (bicyclic) bond motifs is 1. The third-order valence-corrected chi connectivity index (χ3v) is 8.55. The zero-order chi connectivity index (χ0) is 34.1. The molecule has 13 nitrogen and oxygen atoms in total. The topological polar surface area (TPSA) is 157 Å². The van der Waals surface area contributed by atoms with Gasteiger partial charge in [-0.25, -0.2) is 14.5 Å². The highest BCUT2D eigenvalue weighted by atomic mass is 32.1. The number of carbonyl (C=O) groups is 2. The Bertz CT molecular complexity index is 2320. The summed E-state index contributed by atoms with van der Waals surface area (Å²) in [6.07, 6.45) is 3.39. The van der Waals surface area contributed by atoms with Gasteiger partial charge in [0.1, 0.15) is 5.69 Å². The number of aromatic nitrogens is 3. The number of hydrogen-bond acceptors (Lipinski definition) is 11. The largest absolute Gasteiger partial charge is 0.493 e. The summed E-state index contributed by atoms with van der Waals surface area (Å²) in [4.78, 5) is 55.1. The van der Waals surface area contributed by atoms with Crippen LogP contribution in [-0.4, -0.2) is 45.4 Å². The molecule has 0 bridgehead atoms. The molecule has 48 heavy (non-hydrogen) atoms. The molecule has 0 amide bonds. The predicted octanol–water partition coefficient (Wildman–Crippen LogP) is 4.10. The molecule has 242 valence electrons. The van der Waals surface area contributed by atoms with Crippen molar-refractivity contribution in [1.29, 1.82) is 0 Å². The number of carbonyl (C=O) groups excluding carboxylic acids is 2. The van der Waals surface area contributed by atoms with Crippen molar-refractivity contribution in [2.24, 2.45) is 4.99 Å². The number of hydrogen-bond donors (Lipinski definition) is 0. The van der Waals surface area contributed by atoms with Crippen LogP contribution < -0.4 is 24.4 Å². The molecule has 14 heteroatoms. The summed E-state index contributed by atoms with van der Waals surface area (Å²) >= 11 is 1.11. The number of methoxy groups -OCH3 is 2. The van der Waals surface area contributed by atoms with Crippen LogP contribution in [0.5, 0.6) is 11.5 Å². The third-order valence-electron chi connectivity index (χ3n) is 7.56. The fourth-order valence-corrected chi connectivity index (χ4v) is 6.48. The zero-order valence-electron chi connectivity index (χ0n) is 26.1. The maximum Gasteiger partial charge on any atom is 0.338 e. The molecule has 1 atom stereocenters. The summed E-state index contributed by atoms with van der Waals surface area (Å²) in [7, 11) is 2.66. The molecule has 0 radical (unpaired) electrons. The zero-order valence-corrected chi connectivity index (χ0v) is 26.9. The number of allylic oxidation sites excluding steroid dienone is 1. The van der Waals surface area contributed by atoms with Crippen LogP contribution in [0.15, 0.2) is 100 Å². The second kappa shape index (κ2) is 12.9. The molecule has 3 aromatic carbocycles. The van der Waals surface area contributed by atoms with E-state index in [9.17, 15) is 24.5 Å². The number of nitro benzene ring substituents is 1. The molecule has 2 aromatic heterocycles. The maximum absolute atomic E-state index is 14.3. The standard InChI is InChI=1S/C34H27N5O8S/c1-19-29(33(42)46-4)31(22-13-14-26(47-20(2)40)27(16-22)45-3)38-32(41)28(48-34(38)35-19)17-23-18-37(24-10-6-5-7-11-24)36-30(23)21-9-8-12-25(15-21)39(43)44/h5-18,31H,1-4H3/b28-17-. The van der Waals surface area contributed by atoms with Crippen molar-refractivity contribution in [1.82, 2.24) is 14.3 Å². The molecule has 0 saturated heterocycles. The lowest BCUT2D eigenvalue weighted by atomic mass is 9.95. The van der Waals surface area contributed by atoms with Crippen LogP contribution >= 0.6 is 11.3 Å². The number of thiazole rings is 1. The molecular formula is C34H27N5O8S. The van der Waals surface area contributed by atoms with Crippen molar-refractivity contribution in [2.75, 3.05) is 14.2 Å². The molecule has 0 saturated carbocycles. The van der Waals surface area contributed by atoms with Gasteiger partial charge in [0.05, 0.1) is 46.7 Å². The minimum atomic E-state index is -0.959.